The summed E-state index contributed by atoms with van der Waals surface area (Å²) in [4.78, 5) is 13.2. The van der Waals surface area contributed by atoms with Gasteiger partial charge in [0.2, 0.25) is 5.91 Å². The molecule has 6 nitrogen and oxygen atoms in total. The van der Waals surface area contributed by atoms with E-state index in [1.54, 1.807) is 0 Å². The van der Waals surface area contributed by atoms with E-state index in [1.807, 2.05) is 61.5 Å². The fourth-order valence-corrected chi connectivity index (χ4v) is 4.14. The van der Waals surface area contributed by atoms with Gasteiger partial charge in [-0.25, -0.2) is 5.43 Å². The van der Waals surface area contributed by atoms with Gasteiger partial charge in [0.05, 0.1) is 12.6 Å². The van der Waals surface area contributed by atoms with E-state index in [4.69, 9.17) is 4.74 Å². The molecule has 2 aliphatic heterocycles. The number of hydrazine groups is 1. The van der Waals surface area contributed by atoms with Gasteiger partial charge in [0.25, 0.3) is 0 Å². The lowest BCUT2D eigenvalue weighted by Gasteiger charge is -2.29. The summed E-state index contributed by atoms with van der Waals surface area (Å²) in [6.45, 7) is 4.44. The SMILES string of the molecule is CCOc1ccc(C(NC(=O)C2NNC3CCNCC32)c2ccccc2)cc1. The molecule has 0 radical (unpaired) electrons. The van der Waals surface area contributed by atoms with Crippen molar-refractivity contribution in [1.29, 1.82) is 0 Å². The Labute approximate surface area is 166 Å². The predicted molar refractivity (Wildman–Crippen MR) is 109 cm³/mol. The molecule has 2 aromatic rings. The molecule has 0 saturated carbocycles. The van der Waals surface area contributed by atoms with Crippen molar-refractivity contribution < 1.29 is 9.53 Å². The first-order valence-electron chi connectivity index (χ1n) is 10.1. The van der Waals surface area contributed by atoms with Crippen molar-refractivity contribution in [2.45, 2.75) is 31.5 Å². The van der Waals surface area contributed by atoms with Crippen molar-refractivity contribution >= 4 is 5.91 Å². The molecule has 2 aliphatic rings. The van der Waals surface area contributed by atoms with Crippen LogP contribution in [0.15, 0.2) is 54.6 Å². The summed E-state index contributed by atoms with van der Waals surface area (Å²) in [7, 11) is 0. The van der Waals surface area contributed by atoms with Crippen LogP contribution in [0.5, 0.6) is 5.75 Å². The molecule has 0 bridgehead atoms. The number of hydrogen-bond donors (Lipinski definition) is 4. The van der Waals surface area contributed by atoms with Gasteiger partial charge in [-0.1, -0.05) is 42.5 Å². The molecular formula is C22H28N4O2. The second-order valence-corrected chi connectivity index (χ2v) is 7.38. The van der Waals surface area contributed by atoms with Crippen LogP contribution in [0.4, 0.5) is 0 Å². The first-order chi connectivity index (χ1) is 13.8. The minimum atomic E-state index is -0.244. The third-order valence-corrected chi connectivity index (χ3v) is 5.61. The topological polar surface area (TPSA) is 74.4 Å². The summed E-state index contributed by atoms with van der Waals surface area (Å²) in [6, 6.07) is 17.9. The zero-order valence-electron chi connectivity index (χ0n) is 16.2. The van der Waals surface area contributed by atoms with Crippen LogP contribution in [0.3, 0.4) is 0 Å². The maximum atomic E-state index is 13.2. The number of ether oxygens (including phenoxy) is 1. The van der Waals surface area contributed by atoms with Crippen LogP contribution in [0.2, 0.25) is 0 Å². The summed E-state index contributed by atoms with van der Waals surface area (Å²) in [5, 5.41) is 6.67. The highest BCUT2D eigenvalue weighted by Crippen LogP contribution is 2.26. The van der Waals surface area contributed by atoms with Gasteiger partial charge in [0.15, 0.2) is 0 Å². The van der Waals surface area contributed by atoms with Gasteiger partial charge in [-0.2, -0.15) is 0 Å². The Bertz CT molecular complexity index is 781. The average molecular weight is 380 g/mol. The second-order valence-electron chi connectivity index (χ2n) is 7.38. The maximum absolute atomic E-state index is 13.2. The van der Waals surface area contributed by atoms with Crippen molar-refractivity contribution in [3.05, 3.63) is 65.7 Å². The van der Waals surface area contributed by atoms with Crippen LogP contribution in [0, 0.1) is 5.92 Å². The summed E-state index contributed by atoms with van der Waals surface area (Å²) in [5.74, 6) is 1.11. The number of carbonyl (C=O) groups is 1. The van der Waals surface area contributed by atoms with Crippen molar-refractivity contribution in [2.75, 3.05) is 19.7 Å². The number of carbonyl (C=O) groups excluding carboxylic acids is 1. The van der Waals surface area contributed by atoms with Crippen molar-refractivity contribution in [3.8, 4) is 5.75 Å². The van der Waals surface area contributed by atoms with Gasteiger partial charge in [0.1, 0.15) is 11.8 Å². The fraction of sp³-hybridized carbons (Fsp3) is 0.409. The van der Waals surface area contributed by atoms with E-state index in [2.05, 4.69) is 21.5 Å². The monoisotopic (exact) mass is 380 g/mol. The number of nitrogens with one attached hydrogen (secondary N) is 4. The van der Waals surface area contributed by atoms with Crippen LogP contribution in [0.1, 0.15) is 30.5 Å². The minimum absolute atomic E-state index is 0.0198. The van der Waals surface area contributed by atoms with E-state index in [9.17, 15) is 4.79 Å². The zero-order valence-corrected chi connectivity index (χ0v) is 16.2. The summed E-state index contributed by atoms with van der Waals surface area (Å²) < 4.78 is 5.56. The van der Waals surface area contributed by atoms with Gasteiger partial charge in [-0.3, -0.25) is 10.2 Å². The lowest BCUT2D eigenvalue weighted by molar-refractivity contribution is -0.124. The molecule has 4 rings (SSSR count). The van der Waals surface area contributed by atoms with E-state index in [1.165, 1.54) is 0 Å². The molecule has 0 spiro atoms. The molecular weight excluding hydrogens is 352 g/mol. The normalized spacial score (nSPS) is 25.0. The maximum Gasteiger partial charge on any atom is 0.239 e. The molecule has 28 heavy (non-hydrogen) atoms. The van der Waals surface area contributed by atoms with Crippen molar-refractivity contribution in [3.63, 3.8) is 0 Å². The molecule has 4 atom stereocenters. The zero-order chi connectivity index (χ0) is 19.3. The first-order valence-corrected chi connectivity index (χ1v) is 10.1. The van der Waals surface area contributed by atoms with Gasteiger partial charge in [-0.05, 0) is 43.1 Å². The van der Waals surface area contributed by atoms with E-state index < -0.39 is 0 Å². The second kappa shape index (κ2) is 8.73. The third kappa shape index (κ3) is 4.04. The Hall–Kier alpha value is -2.41. The van der Waals surface area contributed by atoms with Crippen LogP contribution in [-0.2, 0) is 4.79 Å². The lowest BCUT2D eigenvalue weighted by atomic mass is 9.88. The van der Waals surface area contributed by atoms with Crippen molar-refractivity contribution in [2.24, 2.45) is 5.92 Å². The Balaban J connectivity index is 1.55. The van der Waals surface area contributed by atoms with Gasteiger partial charge >= 0.3 is 0 Å². The van der Waals surface area contributed by atoms with Crippen LogP contribution in [-0.4, -0.2) is 37.7 Å². The molecule has 148 valence electrons. The number of hydrogen-bond acceptors (Lipinski definition) is 5. The van der Waals surface area contributed by atoms with E-state index in [0.717, 1.165) is 36.4 Å². The quantitative estimate of drug-likeness (QED) is 0.614. The number of benzene rings is 2. The van der Waals surface area contributed by atoms with Gasteiger partial charge in [-0.15, -0.1) is 0 Å². The Morgan fingerprint density at radius 3 is 2.61 bits per heavy atom. The highest BCUT2D eigenvalue weighted by atomic mass is 16.5. The Morgan fingerprint density at radius 2 is 1.86 bits per heavy atom. The smallest absolute Gasteiger partial charge is 0.239 e. The number of amides is 1. The Morgan fingerprint density at radius 1 is 1.11 bits per heavy atom. The molecule has 2 aromatic carbocycles. The van der Waals surface area contributed by atoms with E-state index in [-0.39, 0.29) is 23.9 Å². The van der Waals surface area contributed by atoms with Crippen LogP contribution < -0.4 is 26.2 Å². The molecule has 6 heteroatoms. The molecule has 2 saturated heterocycles. The summed E-state index contributed by atoms with van der Waals surface area (Å²) in [5.41, 5.74) is 8.60. The molecule has 4 unspecified atom stereocenters. The van der Waals surface area contributed by atoms with E-state index in [0.29, 0.717) is 12.6 Å². The molecule has 2 heterocycles. The first kappa shape index (κ1) is 18.9. The Kier molecular flexibility index (Phi) is 5.90. The number of piperidine rings is 1. The van der Waals surface area contributed by atoms with E-state index >= 15 is 0 Å². The third-order valence-electron chi connectivity index (χ3n) is 5.61. The minimum Gasteiger partial charge on any atom is -0.494 e. The molecule has 0 aromatic heterocycles. The molecule has 1 amide bonds. The van der Waals surface area contributed by atoms with Crippen LogP contribution >= 0.6 is 0 Å². The lowest BCUT2D eigenvalue weighted by Crippen LogP contribution is -2.50. The average Bonchev–Trinajstić information content (AvgIpc) is 3.18. The predicted octanol–water partition coefficient (Wildman–Crippen LogP) is 1.75. The van der Waals surface area contributed by atoms with Crippen molar-refractivity contribution in [1.82, 2.24) is 21.5 Å². The largest absolute Gasteiger partial charge is 0.494 e. The fourth-order valence-electron chi connectivity index (χ4n) is 4.14. The molecule has 0 aliphatic carbocycles. The van der Waals surface area contributed by atoms with Gasteiger partial charge in [0, 0.05) is 18.5 Å². The van der Waals surface area contributed by atoms with Gasteiger partial charge < -0.3 is 15.4 Å². The summed E-state index contributed by atoms with van der Waals surface area (Å²) in [6.07, 6.45) is 1.03. The number of rotatable bonds is 6. The molecule has 2 fully saturated rings. The standard InChI is InChI=1S/C22H28N4O2/c1-2-28-17-10-8-16(9-11-17)20(15-6-4-3-5-7-15)24-22(27)21-18-14-23-13-12-19(18)25-26-21/h3-11,18-21,23,25-26H,2,12-14H2,1H3,(H,24,27). The summed E-state index contributed by atoms with van der Waals surface area (Å²) >= 11 is 0. The van der Waals surface area contributed by atoms with Crippen LogP contribution in [0.25, 0.3) is 0 Å². The number of fused-ring (bicyclic) bond motifs is 1. The highest BCUT2D eigenvalue weighted by Gasteiger charge is 2.41. The molecule has 4 N–H and O–H groups in total. The highest BCUT2D eigenvalue weighted by molar-refractivity contribution is 5.83.